The molecule has 0 saturated heterocycles. The van der Waals surface area contributed by atoms with Gasteiger partial charge in [-0.05, 0) is 55.3 Å². The SMILES string of the molecule is COc1ccc2[nH]c(CCCO)c(/C=C/C(=O)c3ccncc3)c2c1. The molecule has 128 valence electrons. The van der Waals surface area contributed by atoms with Gasteiger partial charge in [0.05, 0.1) is 7.11 Å². The minimum absolute atomic E-state index is 0.0762. The number of rotatable bonds is 7. The van der Waals surface area contributed by atoms with E-state index in [9.17, 15) is 4.79 Å². The first kappa shape index (κ1) is 16.9. The summed E-state index contributed by atoms with van der Waals surface area (Å²) in [6.45, 7) is 0.123. The summed E-state index contributed by atoms with van der Waals surface area (Å²) in [6.07, 6.45) is 7.96. The molecule has 0 amide bonds. The maximum absolute atomic E-state index is 12.3. The molecule has 0 aliphatic carbocycles. The van der Waals surface area contributed by atoms with Gasteiger partial charge in [-0.1, -0.05) is 0 Å². The molecule has 0 fully saturated rings. The number of nitrogens with zero attached hydrogens (tertiary/aromatic N) is 1. The topological polar surface area (TPSA) is 75.2 Å². The second kappa shape index (κ2) is 7.77. The number of methoxy groups -OCH3 is 1. The zero-order chi connectivity index (χ0) is 17.6. The molecule has 3 aromatic rings. The van der Waals surface area contributed by atoms with Crippen molar-refractivity contribution in [3.8, 4) is 5.75 Å². The fourth-order valence-corrected chi connectivity index (χ4v) is 2.79. The number of hydrogen-bond donors (Lipinski definition) is 2. The lowest BCUT2D eigenvalue weighted by molar-refractivity contribution is 0.104. The van der Waals surface area contributed by atoms with Crippen LogP contribution in [0.25, 0.3) is 17.0 Å². The van der Waals surface area contributed by atoms with E-state index in [0.29, 0.717) is 18.4 Å². The van der Waals surface area contributed by atoms with Crippen molar-refractivity contribution in [2.24, 2.45) is 0 Å². The smallest absolute Gasteiger partial charge is 0.185 e. The minimum atomic E-state index is -0.0762. The molecule has 0 saturated carbocycles. The predicted octanol–water partition coefficient (Wildman–Crippen LogP) is 3.39. The molecule has 2 N–H and O–H groups in total. The lowest BCUT2D eigenvalue weighted by Crippen LogP contribution is -1.95. The number of ether oxygens (including phenoxy) is 1. The van der Waals surface area contributed by atoms with Crippen LogP contribution in [0, 0.1) is 0 Å². The van der Waals surface area contributed by atoms with Gasteiger partial charge in [0.2, 0.25) is 0 Å². The Morgan fingerprint density at radius 1 is 1.28 bits per heavy atom. The average Bonchev–Trinajstić information content (AvgIpc) is 3.01. The molecule has 0 unspecified atom stereocenters. The highest BCUT2D eigenvalue weighted by atomic mass is 16.5. The number of fused-ring (bicyclic) bond motifs is 1. The van der Waals surface area contributed by atoms with Crippen LogP contribution in [0.15, 0.2) is 48.8 Å². The number of aryl methyl sites for hydroxylation is 1. The Morgan fingerprint density at radius 3 is 2.80 bits per heavy atom. The maximum Gasteiger partial charge on any atom is 0.185 e. The molecule has 25 heavy (non-hydrogen) atoms. The van der Waals surface area contributed by atoms with Gasteiger partial charge in [0.25, 0.3) is 0 Å². The summed E-state index contributed by atoms with van der Waals surface area (Å²) in [5.41, 5.74) is 3.52. The van der Waals surface area contributed by atoms with Crippen molar-refractivity contribution in [2.75, 3.05) is 13.7 Å². The van der Waals surface area contributed by atoms with Crippen LogP contribution in [0.4, 0.5) is 0 Å². The summed E-state index contributed by atoms with van der Waals surface area (Å²) in [6, 6.07) is 9.18. The first-order valence-electron chi connectivity index (χ1n) is 8.15. The zero-order valence-electron chi connectivity index (χ0n) is 14.0. The molecule has 0 radical (unpaired) electrons. The third-order valence-electron chi connectivity index (χ3n) is 4.08. The number of allylic oxidation sites excluding steroid dienone is 1. The summed E-state index contributed by atoms with van der Waals surface area (Å²) in [5, 5.41) is 10.1. The number of aliphatic hydroxyl groups is 1. The quantitative estimate of drug-likeness (QED) is 0.512. The number of benzene rings is 1. The molecule has 1 aromatic carbocycles. The van der Waals surface area contributed by atoms with Crippen LogP contribution in [-0.4, -0.2) is 34.6 Å². The highest BCUT2D eigenvalue weighted by molar-refractivity contribution is 6.08. The molecule has 3 rings (SSSR count). The monoisotopic (exact) mass is 336 g/mol. The van der Waals surface area contributed by atoms with Gasteiger partial charge in [-0.15, -0.1) is 0 Å². The summed E-state index contributed by atoms with van der Waals surface area (Å²) >= 11 is 0. The van der Waals surface area contributed by atoms with Gasteiger partial charge in [-0.3, -0.25) is 9.78 Å². The van der Waals surface area contributed by atoms with E-state index < -0.39 is 0 Å². The molecule has 0 aliphatic rings. The molecule has 5 nitrogen and oxygen atoms in total. The van der Waals surface area contributed by atoms with E-state index >= 15 is 0 Å². The first-order chi connectivity index (χ1) is 12.2. The Morgan fingerprint density at radius 2 is 2.08 bits per heavy atom. The van der Waals surface area contributed by atoms with E-state index in [0.717, 1.165) is 27.9 Å². The molecule has 0 spiro atoms. The van der Waals surface area contributed by atoms with Crippen molar-refractivity contribution in [1.29, 1.82) is 0 Å². The van der Waals surface area contributed by atoms with E-state index in [4.69, 9.17) is 9.84 Å². The summed E-state index contributed by atoms with van der Waals surface area (Å²) in [7, 11) is 1.63. The largest absolute Gasteiger partial charge is 0.497 e. The van der Waals surface area contributed by atoms with Crippen LogP contribution in [-0.2, 0) is 6.42 Å². The average molecular weight is 336 g/mol. The molecule has 2 aromatic heterocycles. The molecule has 0 aliphatic heterocycles. The van der Waals surface area contributed by atoms with Gasteiger partial charge in [0.1, 0.15) is 5.75 Å². The van der Waals surface area contributed by atoms with Gasteiger partial charge in [0, 0.05) is 46.7 Å². The van der Waals surface area contributed by atoms with Crippen molar-refractivity contribution in [3.63, 3.8) is 0 Å². The number of hydrogen-bond acceptors (Lipinski definition) is 4. The second-order valence-electron chi connectivity index (χ2n) is 5.69. The summed E-state index contributed by atoms with van der Waals surface area (Å²) < 4.78 is 5.31. The van der Waals surface area contributed by atoms with Gasteiger partial charge in [-0.2, -0.15) is 0 Å². The van der Waals surface area contributed by atoms with Crippen LogP contribution in [0.5, 0.6) is 5.75 Å². The van der Waals surface area contributed by atoms with E-state index in [1.54, 1.807) is 37.7 Å². The Hall–Kier alpha value is -2.92. The molecular formula is C20H20N2O3. The predicted molar refractivity (Wildman–Crippen MR) is 97.9 cm³/mol. The van der Waals surface area contributed by atoms with Crippen molar-refractivity contribution < 1.29 is 14.6 Å². The molecule has 2 heterocycles. The highest BCUT2D eigenvalue weighted by Crippen LogP contribution is 2.28. The summed E-state index contributed by atoms with van der Waals surface area (Å²) in [5.74, 6) is 0.683. The number of aromatic amines is 1. The first-order valence-corrected chi connectivity index (χ1v) is 8.15. The maximum atomic E-state index is 12.3. The lowest BCUT2D eigenvalue weighted by Gasteiger charge is -2.01. The summed E-state index contributed by atoms with van der Waals surface area (Å²) in [4.78, 5) is 19.6. The van der Waals surface area contributed by atoms with Gasteiger partial charge in [0.15, 0.2) is 5.78 Å². The number of pyridine rings is 1. The second-order valence-corrected chi connectivity index (χ2v) is 5.69. The molecule has 0 atom stereocenters. The van der Waals surface area contributed by atoms with Crippen molar-refractivity contribution >= 4 is 22.8 Å². The van der Waals surface area contributed by atoms with E-state index in [1.165, 1.54) is 0 Å². The fourth-order valence-electron chi connectivity index (χ4n) is 2.79. The number of aromatic nitrogens is 2. The van der Waals surface area contributed by atoms with Gasteiger partial charge < -0.3 is 14.8 Å². The van der Waals surface area contributed by atoms with Gasteiger partial charge >= 0.3 is 0 Å². The van der Waals surface area contributed by atoms with E-state index in [-0.39, 0.29) is 12.4 Å². The van der Waals surface area contributed by atoms with Crippen LogP contribution in [0.2, 0.25) is 0 Å². The number of ketones is 1. The molecule has 5 heteroatoms. The van der Waals surface area contributed by atoms with Crippen molar-refractivity contribution in [1.82, 2.24) is 9.97 Å². The Bertz CT molecular complexity index is 898. The van der Waals surface area contributed by atoms with Crippen molar-refractivity contribution in [3.05, 3.63) is 65.6 Å². The number of nitrogens with one attached hydrogen (secondary N) is 1. The van der Waals surface area contributed by atoms with Crippen LogP contribution in [0.1, 0.15) is 28.0 Å². The normalized spacial score (nSPS) is 11.3. The van der Waals surface area contributed by atoms with Gasteiger partial charge in [-0.25, -0.2) is 0 Å². The van der Waals surface area contributed by atoms with Crippen LogP contribution in [0.3, 0.4) is 0 Å². The van der Waals surface area contributed by atoms with E-state index in [1.807, 2.05) is 24.3 Å². The van der Waals surface area contributed by atoms with Crippen molar-refractivity contribution in [2.45, 2.75) is 12.8 Å². The standard InChI is InChI=1S/C20H20N2O3/c1-25-15-4-6-19-17(13-15)16(18(22-19)3-2-12-23)5-7-20(24)14-8-10-21-11-9-14/h4-11,13,22-23H,2-3,12H2,1H3/b7-5+. The number of carbonyl (C=O) groups is 1. The van der Waals surface area contributed by atoms with E-state index in [2.05, 4.69) is 9.97 Å². The van der Waals surface area contributed by atoms with Crippen LogP contribution < -0.4 is 4.74 Å². The Kier molecular flexibility index (Phi) is 5.26. The highest BCUT2D eigenvalue weighted by Gasteiger charge is 2.11. The minimum Gasteiger partial charge on any atom is -0.497 e. The fraction of sp³-hybridized carbons (Fsp3) is 0.200. The molecular weight excluding hydrogens is 316 g/mol. The Balaban J connectivity index is 1.99. The lowest BCUT2D eigenvalue weighted by atomic mass is 10.1. The number of carbonyl (C=O) groups excluding carboxylic acids is 1. The number of aliphatic hydroxyl groups excluding tert-OH is 1. The third-order valence-corrected chi connectivity index (χ3v) is 4.08. The number of H-pyrrole nitrogens is 1. The van der Waals surface area contributed by atoms with Crippen LogP contribution >= 0.6 is 0 Å². The third kappa shape index (κ3) is 3.78. The zero-order valence-corrected chi connectivity index (χ0v) is 14.0. The molecule has 0 bridgehead atoms. The Labute approximate surface area is 146 Å².